The van der Waals surface area contributed by atoms with E-state index in [1.165, 1.54) is 17.0 Å². The summed E-state index contributed by atoms with van der Waals surface area (Å²) in [5.41, 5.74) is 2.28. The van der Waals surface area contributed by atoms with E-state index in [2.05, 4.69) is 10.3 Å². The molecule has 1 aliphatic heterocycles. The van der Waals surface area contributed by atoms with E-state index in [4.69, 9.17) is 4.42 Å². The predicted molar refractivity (Wildman–Crippen MR) is 119 cm³/mol. The van der Waals surface area contributed by atoms with Crippen molar-refractivity contribution < 1.29 is 18.4 Å². The maximum Gasteiger partial charge on any atom is 0.417 e. The van der Waals surface area contributed by atoms with E-state index in [9.17, 15) is 18.8 Å². The van der Waals surface area contributed by atoms with Crippen molar-refractivity contribution in [3.05, 3.63) is 58.3 Å². The number of oxazole rings is 1. The van der Waals surface area contributed by atoms with E-state index in [1.807, 2.05) is 31.7 Å². The Kier molecular flexibility index (Phi) is 5.50. The van der Waals surface area contributed by atoms with Crippen molar-refractivity contribution in [3.8, 4) is 0 Å². The zero-order chi connectivity index (χ0) is 23.0. The van der Waals surface area contributed by atoms with Crippen molar-refractivity contribution in [2.75, 3.05) is 36.4 Å². The monoisotopic (exact) mass is 440 g/mol. The first-order valence-corrected chi connectivity index (χ1v) is 10.4. The fraction of sp³-hybridized carbons (Fsp3) is 0.348. The third kappa shape index (κ3) is 4.37. The first-order chi connectivity index (χ1) is 15.1. The van der Waals surface area contributed by atoms with Crippen LogP contribution in [-0.2, 0) is 15.0 Å². The van der Waals surface area contributed by atoms with Crippen LogP contribution in [0.4, 0.5) is 15.8 Å². The quantitative estimate of drug-likeness (QED) is 0.597. The average molecular weight is 440 g/mol. The lowest BCUT2D eigenvalue weighted by molar-refractivity contribution is -0.143. The van der Waals surface area contributed by atoms with Crippen molar-refractivity contribution in [3.63, 3.8) is 0 Å². The summed E-state index contributed by atoms with van der Waals surface area (Å²) in [7, 11) is 0. The van der Waals surface area contributed by atoms with E-state index in [0.717, 1.165) is 5.69 Å². The summed E-state index contributed by atoms with van der Waals surface area (Å²) in [5.74, 6) is -2.25. The minimum absolute atomic E-state index is 0.247. The highest BCUT2D eigenvalue weighted by molar-refractivity contribution is 6.39. The summed E-state index contributed by atoms with van der Waals surface area (Å²) in [6.45, 7) is 7.58. The number of nitrogens with zero attached hydrogens (tertiary/aromatic N) is 2. The molecule has 1 fully saturated rings. The number of amides is 2. The molecule has 0 spiro atoms. The van der Waals surface area contributed by atoms with Crippen LogP contribution in [-0.4, -0.2) is 47.9 Å². The lowest BCUT2D eigenvalue weighted by atomic mass is 9.86. The number of hydrogen-bond donors (Lipinski definition) is 2. The molecule has 1 aliphatic rings. The second-order valence-electron chi connectivity index (χ2n) is 8.87. The van der Waals surface area contributed by atoms with Crippen LogP contribution >= 0.6 is 0 Å². The Morgan fingerprint density at radius 1 is 1.06 bits per heavy atom. The van der Waals surface area contributed by atoms with Gasteiger partial charge < -0.3 is 19.5 Å². The Morgan fingerprint density at radius 2 is 1.78 bits per heavy atom. The third-order valence-corrected chi connectivity index (χ3v) is 5.57. The molecule has 2 N–H and O–H groups in total. The molecule has 0 bridgehead atoms. The number of fused-ring (bicyclic) bond motifs is 1. The predicted octanol–water partition coefficient (Wildman–Crippen LogP) is 2.85. The van der Waals surface area contributed by atoms with Crippen LogP contribution in [0.3, 0.4) is 0 Å². The summed E-state index contributed by atoms with van der Waals surface area (Å²) in [6, 6.07) is 9.87. The molecule has 0 radical (unpaired) electrons. The minimum atomic E-state index is -0.767. The molecule has 0 atom stereocenters. The largest absolute Gasteiger partial charge is 0.417 e. The number of carbonyl (C=O) groups is 2. The summed E-state index contributed by atoms with van der Waals surface area (Å²) in [4.78, 5) is 42.2. The van der Waals surface area contributed by atoms with Crippen LogP contribution < -0.4 is 16.0 Å². The fourth-order valence-electron chi connectivity index (χ4n) is 3.83. The van der Waals surface area contributed by atoms with Crippen molar-refractivity contribution in [1.82, 2.24) is 9.88 Å². The molecule has 2 heterocycles. The second-order valence-corrected chi connectivity index (χ2v) is 8.87. The molecule has 8 nitrogen and oxygen atoms in total. The number of aromatic amines is 1. The number of carbonyl (C=O) groups excluding carboxylic acids is 2. The smallest absolute Gasteiger partial charge is 0.408 e. The highest BCUT2D eigenvalue weighted by atomic mass is 19.1. The number of nitrogens with one attached hydrogen (secondary N) is 2. The summed E-state index contributed by atoms with van der Waals surface area (Å²) < 4.78 is 19.5. The van der Waals surface area contributed by atoms with E-state index < -0.39 is 17.6 Å². The molecule has 0 unspecified atom stereocenters. The van der Waals surface area contributed by atoms with Crippen LogP contribution in [0.1, 0.15) is 26.3 Å². The van der Waals surface area contributed by atoms with Gasteiger partial charge in [-0.15, -0.1) is 0 Å². The van der Waals surface area contributed by atoms with Gasteiger partial charge in [-0.25, -0.2) is 9.18 Å². The van der Waals surface area contributed by atoms with Gasteiger partial charge in [0.2, 0.25) is 0 Å². The Labute approximate surface area is 184 Å². The normalized spacial score (nSPS) is 14.6. The SMILES string of the molecule is CC(C)(C)c1ccc(N2CCN(C(=O)C(=O)Nc3ccc4[nH]c(=O)oc4c3)CC2)cc1F. The van der Waals surface area contributed by atoms with Crippen LogP contribution in [0.25, 0.3) is 11.1 Å². The molecule has 9 heteroatoms. The molecule has 1 aromatic heterocycles. The number of rotatable bonds is 2. The zero-order valence-electron chi connectivity index (χ0n) is 18.2. The summed E-state index contributed by atoms with van der Waals surface area (Å²) in [6.07, 6.45) is 0. The second kappa shape index (κ2) is 8.14. The lowest BCUT2D eigenvalue weighted by Crippen LogP contribution is -2.51. The summed E-state index contributed by atoms with van der Waals surface area (Å²) in [5, 5.41) is 2.54. The maximum atomic E-state index is 14.5. The van der Waals surface area contributed by atoms with Crippen molar-refractivity contribution in [2.24, 2.45) is 0 Å². The molecule has 0 aliphatic carbocycles. The highest BCUT2D eigenvalue weighted by Crippen LogP contribution is 2.28. The first kappa shape index (κ1) is 21.6. The van der Waals surface area contributed by atoms with E-state index in [0.29, 0.717) is 48.5 Å². The van der Waals surface area contributed by atoms with Crippen LogP contribution in [0.15, 0.2) is 45.6 Å². The zero-order valence-corrected chi connectivity index (χ0v) is 18.2. The molecule has 4 rings (SSSR count). The van der Waals surface area contributed by atoms with Crippen LogP contribution in [0.5, 0.6) is 0 Å². The molecule has 32 heavy (non-hydrogen) atoms. The number of H-pyrrole nitrogens is 1. The van der Waals surface area contributed by atoms with Crippen molar-refractivity contribution in [2.45, 2.75) is 26.2 Å². The van der Waals surface area contributed by atoms with E-state index in [1.54, 1.807) is 18.2 Å². The molecule has 1 saturated heterocycles. The Bertz CT molecular complexity index is 1230. The standard InChI is InChI=1S/C23H25FN4O4/c1-23(2,3)16-6-5-15(13-17(16)24)27-8-10-28(11-9-27)21(30)20(29)25-14-4-7-18-19(12-14)32-22(31)26-18/h4-7,12-13H,8-11H2,1-3H3,(H,25,29)(H,26,31). The Morgan fingerprint density at radius 3 is 2.44 bits per heavy atom. The van der Waals surface area contributed by atoms with Gasteiger partial charge in [-0.2, -0.15) is 0 Å². The minimum Gasteiger partial charge on any atom is -0.408 e. The number of piperazine rings is 1. The number of benzene rings is 2. The first-order valence-electron chi connectivity index (χ1n) is 10.4. The maximum absolute atomic E-state index is 14.5. The van der Waals surface area contributed by atoms with E-state index in [-0.39, 0.29) is 11.2 Å². The fourth-order valence-corrected chi connectivity index (χ4v) is 3.83. The van der Waals surface area contributed by atoms with Crippen molar-refractivity contribution >= 4 is 34.3 Å². The molecular formula is C23H25FN4O4. The lowest BCUT2D eigenvalue weighted by Gasteiger charge is -2.36. The number of hydrogen-bond acceptors (Lipinski definition) is 5. The Hall–Kier alpha value is -3.62. The van der Waals surface area contributed by atoms with Crippen molar-refractivity contribution in [1.29, 1.82) is 0 Å². The van der Waals surface area contributed by atoms with Gasteiger partial charge >= 0.3 is 17.6 Å². The van der Waals surface area contributed by atoms with E-state index >= 15 is 0 Å². The average Bonchev–Trinajstić information content (AvgIpc) is 3.11. The van der Waals surface area contributed by atoms with Gasteiger partial charge in [-0.3, -0.25) is 14.6 Å². The molecular weight excluding hydrogens is 415 g/mol. The summed E-state index contributed by atoms with van der Waals surface area (Å²) >= 11 is 0. The van der Waals surface area contributed by atoms with Gasteiger partial charge in [0.15, 0.2) is 5.58 Å². The van der Waals surface area contributed by atoms with Gasteiger partial charge in [0.1, 0.15) is 5.82 Å². The van der Waals surface area contributed by atoms with Gasteiger partial charge in [-0.05, 0) is 35.2 Å². The van der Waals surface area contributed by atoms with Gasteiger partial charge in [0.25, 0.3) is 0 Å². The Balaban J connectivity index is 1.37. The molecule has 2 amide bonds. The van der Waals surface area contributed by atoms with Gasteiger partial charge in [-0.1, -0.05) is 26.8 Å². The molecule has 2 aromatic carbocycles. The molecule has 0 saturated carbocycles. The number of anilines is 2. The molecule has 3 aromatic rings. The number of aromatic nitrogens is 1. The van der Waals surface area contributed by atoms with Crippen LogP contribution in [0, 0.1) is 5.82 Å². The third-order valence-electron chi connectivity index (χ3n) is 5.57. The van der Waals surface area contributed by atoms with Gasteiger partial charge in [0, 0.05) is 43.6 Å². The van der Waals surface area contributed by atoms with Crippen LogP contribution in [0.2, 0.25) is 0 Å². The topological polar surface area (TPSA) is 98.6 Å². The molecule has 168 valence electrons. The number of halogens is 1. The highest BCUT2D eigenvalue weighted by Gasteiger charge is 2.27. The van der Waals surface area contributed by atoms with Gasteiger partial charge in [0.05, 0.1) is 5.52 Å².